The highest BCUT2D eigenvalue weighted by Gasteiger charge is 2.14. The third-order valence-electron chi connectivity index (χ3n) is 4.23. The van der Waals surface area contributed by atoms with Gasteiger partial charge in [0.15, 0.2) is 0 Å². The first-order chi connectivity index (χ1) is 12.0. The summed E-state index contributed by atoms with van der Waals surface area (Å²) in [5.74, 6) is -0.300. The molecule has 25 heavy (non-hydrogen) atoms. The number of benzene rings is 2. The van der Waals surface area contributed by atoms with E-state index in [1.54, 1.807) is 18.2 Å². The van der Waals surface area contributed by atoms with E-state index in [1.165, 1.54) is 5.56 Å². The van der Waals surface area contributed by atoms with E-state index in [0.717, 1.165) is 18.4 Å². The minimum atomic E-state index is -0.169. The Kier molecular flexibility index (Phi) is 6.75. The smallest absolute Gasteiger partial charge is 0.253 e. The zero-order chi connectivity index (χ0) is 18.2. The zero-order valence-electron chi connectivity index (χ0n) is 15.1. The summed E-state index contributed by atoms with van der Waals surface area (Å²) in [6.07, 6.45) is 2.12. The fraction of sp³-hybridized carbons (Fsp3) is 0.333. The normalized spacial score (nSPS) is 11.6. The number of rotatable bonds is 7. The third kappa shape index (κ3) is 5.45. The van der Waals surface area contributed by atoms with E-state index in [2.05, 4.69) is 17.6 Å². The molecule has 132 valence electrons. The van der Waals surface area contributed by atoms with Crippen LogP contribution in [-0.4, -0.2) is 17.9 Å². The maximum atomic E-state index is 12.4. The largest absolute Gasteiger partial charge is 0.350 e. The number of aryl methyl sites for hydroxylation is 1. The summed E-state index contributed by atoms with van der Waals surface area (Å²) < 4.78 is 0. The van der Waals surface area contributed by atoms with Crippen LogP contribution in [0.1, 0.15) is 48.7 Å². The van der Waals surface area contributed by atoms with Gasteiger partial charge >= 0.3 is 0 Å². The molecule has 2 N–H and O–H groups in total. The lowest BCUT2D eigenvalue weighted by Crippen LogP contribution is -2.32. The molecule has 0 fully saturated rings. The van der Waals surface area contributed by atoms with Gasteiger partial charge in [-0.2, -0.15) is 0 Å². The molecule has 0 aliphatic carbocycles. The number of anilines is 1. The summed E-state index contributed by atoms with van der Waals surface area (Å²) in [6.45, 7) is 6.07. The lowest BCUT2D eigenvalue weighted by molar-refractivity contribution is -0.115. The molecule has 2 aromatic carbocycles. The molecule has 1 atom stereocenters. The van der Waals surface area contributed by atoms with Crippen molar-refractivity contribution in [3.8, 4) is 0 Å². The molecule has 0 aromatic heterocycles. The number of hydrogen-bond donors (Lipinski definition) is 2. The van der Waals surface area contributed by atoms with Crippen LogP contribution >= 0.6 is 0 Å². The first kappa shape index (κ1) is 18.7. The Morgan fingerprint density at radius 3 is 2.24 bits per heavy atom. The third-order valence-corrected chi connectivity index (χ3v) is 4.23. The topological polar surface area (TPSA) is 58.2 Å². The molecule has 2 amide bonds. The molecule has 0 aliphatic heterocycles. The Hall–Kier alpha value is -2.62. The van der Waals surface area contributed by atoms with Gasteiger partial charge in [-0.1, -0.05) is 50.2 Å². The number of para-hydroxylation sites is 1. The quantitative estimate of drug-likeness (QED) is 0.803. The van der Waals surface area contributed by atoms with Crippen molar-refractivity contribution in [3.05, 3.63) is 65.2 Å². The number of hydrogen-bond acceptors (Lipinski definition) is 2. The molecule has 0 bridgehead atoms. The van der Waals surface area contributed by atoms with Gasteiger partial charge in [-0.25, -0.2) is 0 Å². The van der Waals surface area contributed by atoms with Gasteiger partial charge in [-0.05, 0) is 43.0 Å². The monoisotopic (exact) mass is 338 g/mol. The summed E-state index contributed by atoms with van der Waals surface area (Å²) in [5, 5.41) is 5.79. The molecule has 1 unspecified atom stereocenters. The maximum absolute atomic E-state index is 12.4. The fourth-order valence-electron chi connectivity index (χ4n) is 2.47. The van der Waals surface area contributed by atoms with Gasteiger partial charge in [0.1, 0.15) is 0 Å². The maximum Gasteiger partial charge on any atom is 0.253 e. The second-order valence-corrected chi connectivity index (χ2v) is 6.22. The molecule has 2 aromatic rings. The van der Waals surface area contributed by atoms with Crippen LogP contribution in [0.4, 0.5) is 5.69 Å². The molecule has 0 spiro atoms. The molecule has 4 heteroatoms. The van der Waals surface area contributed by atoms with Crippen molar-refractivity contribution in [2.75, 3.05) is 5.32 Å². The van der Waals surface area contributed by atoms with E-state index >= 15 is 0 Å². The second-order valence-electron chi connectivity index (χ2n) is 6.22. The molecule has 0 saturated carbocycles. The Morgan fingerprint density at radius 2 is 1.60 bits per heavy atom. The van der Waals surface area contributed by atoms with Crippen LogP contribution in [0, 0.1) is 0 Å². The van der Waals surface area contributed by atoms with Gasteiger partial charge in [-0.15, -0.1) is 0 Å². The van der Waals surface area contributed by atoms with Crippen molar-refractivity contribution in [3.63, 3.8) is 0 Å². The van der Waals surface area contributed by atoms with Crippen LogP contribution < -0.4 is 10.6 Å². The highest BCUT2D eigenvalue weighted by atomic mass is 16.2. The number of nitrogens with one attached hydrogen (secondary N) is 2. The Bertz CT molecular complexity index is 723. The van der Waals surface area contributed by atoms with Crippen molar-refractivity contribution in [1.29, 1.82) is 0 Å². The minimum Gasteiger partial charge on any atom is -0.350 e. The van der Waals surface area contributed by atoms with Gasteiger partial charge in [-0.3, -0.25) is 9.59 Å². The minimum absolute atomic E-state index is 0.0911. The lowest BCUT2D eigenvalue weighted by atomic mass is 10.1. The van der Waals surface area contributed by atoms with Crippen LogP contribution in [0.25, 0.3) is 0 Å². The molecule has 0 heterocycles. The summed E-state index contributed by atoms with van der Waals surface area (Å²) in [6, 6.07) is 15.2. The van der Waals surface area contributed by atoms with Crippen molar-refractivity contribution in [2.24, 2.45) is 0 Å². The first-order valence-corrected chi connectivity index (χ1v) is 8.81. The fourth-order valence-corrected chi connectivity index (χ4v) is 2.47. The number of carbonyl (C=O) groups excluding carboxylic acids is 2. The van der Waals surface area contributed by atoms with Gasteiger partial charge in [0.25, 0.3) is 5.91 Å². The number of carbonyl (C=O) groups is 2. The van der Waals surface area contributed by atoms with E-state index in [0.29, 0.717) is 11.3 Å². The average molecular weight is 338 g/mol. The highest BCUT2D eigenvalue weighted by molar-refractivity contribution is 6.04. The van der Waals surface area contributed by atoms with Crippen LogP contribution in [0.2, 0.25) is 0 Å². The summed E-state index contributed by atoms with van der Waals surface area (Å²) in [7, 11) is 0. The molecular weight excluding hydrogens is 312 g/mol. The Morgan fingerprint density at radius 1 is 0.960 bits per heavy atom. The van der Waals surface area contributed by atoms with Crippen LogP contribution in [-0.2, 0) is 17.6 Å². The van der Waals surface area contributed by atoms with Gasteiger partial charge in [0.05, 0.1) is 17.7 Å². The van der Waals surface area contributed by atoms with Crippen molar-refractivity contribution in [1.82, 2.24) is 5.32 Å². The van der Waals surface area contributed by atoms with Crippen LogP contribution in [0.3, 0.4) is 0 Å². The first-order valence-electron chi connectivity index (χ1n) is 8.81. The average Bonchev–Trinajstić information content (AvgIpc) is 2.62. The summed E-state index contributed by atoms with van der Waals surface area (Å²) in [4.78, 5) is 24.7. The molecule has 0 radical (unpaired) electrons. The van der Waals surface area contributed by atoms with Gasteiger partial charge in [0, 0.05) is 6.04 Å². The van der Waals surface area contributed by atoms with E-state index in [9.17, 15) is 9.59 Å². The molecule has 2 rings (SSSR count). The van der Waals surface area contributed by atoms with E-state index in [-0.39, 0.29) is 24.3 Å². The SMILES string of the molecule is CCc1ccc(CC(=O)Nc2ccccc2C(=O)NC(C)CC)cc1. The van der Waals surface area contributed by atoms with Crippen LogP contribution in [0.5, 0.6) is 0 Å². The highest BCUT2D eigenvalue weighted by Crippen LogP contribution is 2.16. The summed E-state index contributed by atoms with van der Waals surface area (Å²) in [5.41, 5.74) is 3.23. The predicted molar refractivity (Wildman–Crippen MR) is 102 cm³/mol. The van der Waals surface area contributed by atoms with Crippen molar-refractivity contribution in [2.45, 2.75) is 46.1 Å². The van der Waals surface area contributed by atoms with Crippen molar-refractivity contribution >= 4 is 17.5 Å². The van der Waals surface area contributed by atoms with Crippen molar-refractivity contribution < 1.29 is 9.59 Å². The predicted octanol–water partition coefficient (Wildman–Crippen LogP) is 3.96. The standard InChI is InChI=1S/C21H26N2O2/c1-4-15(3)22-21(25)18-8-6-7-9-19(18)23-20(24)14-17-12-10-16(5-2)11-13-17/h6-13,15H,4-5,14H2,1-3H3,(H,22,25)(H,23,24). The van der Waals surface area contributed by atoms with E-state index in [4.69, 9.17) is 0 Å². The van der Waals surface area contributed by atoms with Gasteiger partial charge < -0.3 is 10.6 Å². The lowest BCUT2D eigenvalue weighted by Gasteiger charge is -2.14. The van der Waals surface area contributed by atoms with E-state index in [1.807, 2.05) is 44.2 Å². The molecule has 0 saturated heterocycles. The molecule has 4 nitrogen and oxygen atoms in total. The Labute approximate surface area is 149 Å². The Balaban J connectivity index is 2.06. The molecule has 0 aliphatic rings. The van der Waals surface area contributed by atoms with E-state index < -0.39 is 0 Å². The summed E-state index contributed by atoms with van der Waals surface area (Å²) >= 11 is 0. The zero-order valence-corrected chi connectivity index (χ0v) is 15.1. The second kappa shape index (κ2) is 9.02. The van der Waals surface area contributed by atoms with Crippen LogP contribution in [0.15, 0.2) is 48.5 Å². The van der Waals surface area contributed by atoms with Gasteiger partial charge in [0.2, 0.25) is 5.91 Å². The molecular formula is C21H26N2O2. The number of amides is 2.